The molecule has 8 heteroatoms. The first-order chi connectivity index (χ1) is 17.0. The standard InChI is InChI=1S/C28H41N7O/c1-18(2)35-27(29-21(5)31-35)24-17-33-13-14-36-25-15-19(3)22(16-23(25)26(33)30-24)20(4)32-9-11-34(12-10-32)28(6,7)8/h15-18,20H,9-14H2,1-8H3/t20-/m0/s1. The molecule has 0 saturated carbocycles. The highest BCUT2D eigenvalue weighted by molar-refractivity contribution is 5.70. The first-order valence-corrected chi connectivity index (χ1v) is 13.3. The number of fused-ring (bicyclic) bond motifs is 3. The summed E-state index contributed by atoms with van der Waals surface area (Å²) in [6.07, 6.45) is 2.10. The van der Waals surface area contributed by atoms with Gasteiger partial charge in [0.2, 0.25) is 0 Å². The van der Waals surface area contributed by atoms with Crippen LogP contribution in [0.2, 0.25) is 0 Å². The molecule has 1 atom stereocenters. The summed E-state index contributed by atoms with van der Waals surface area (Å²) in [6.45, 7) is 23.4. The Hall–Kier alpha value is -2.71. The Morgan fingerprint density at radius 3 is 2.31 bits per heavy atom. The van der Waals surface area contributed by atoms with Crippen LogP contribution in [0, 0.1) is 13.8 Å². The maximum absolute atomic E-state index is 6.20. The van der Waals surface area contributed by atoms with E-state index in [4.69, 9.17) is 14.7 Å². The highest BCUT2D eigenvalue weighted by atomic mass is 16.5. The average molecular weight is 492 g/mol. The third kappa shape index (κ3) is 4.57. The second-order valence-electron chi connectivity index (χ2n) is 11.6. The molecule has 2 aliphatic heterocycles. The number of imidazole rings is 1. The molecule has 1 saturated heterocycles. The molecule has 1 aromatic carbocycles. The van der Waals surface area contributed by atoms with E-state index >= 15 is 0 Å². The number of hydrogen-bond donors (Lipinski definition) is 0. The molecular weight excluding hydrogens is 450 g/mol. The maximum Gasteiger partial charge on any atom is 0.178 e. The van der Waals surface area contributed by atoms with Crippen LogP contribution in [-0.4, -0.2) is 72.4 Å². The van der Waals surface area contributed by atoms with E-state index in [-0.39, 0.29) is 11.6 Å². The van der Waals surface area contributed by atoms with Crippen molar-refractivity contribution in [1.82, 2.24) is 34.1 Å². The lowest BCUT2D eigenvalue weighted by molar-refractivity contribution is 0.0452. The third-order valence-electron chi connectivity index (χ3n) is 7.69. The normalized spacial score (nSPS) is 18.0. The lowest BCUT2D eigenvalue weighted by atomic mass is 9.96. The number of hydrogen-bond acceptors (Lipinski definition) is 6. The minimum absolute atomic E-state index is 0.215. The molecule has 5 rings (SSSR count). The van der Waals surface area contributed by atoms with E-state index in [1.54, 1.807) is 0 Å². The molecule has 4 heterocycles. The van der Waals surface area contributed by atoms with Crippen molar-refractivity contribution in [2.45, 2.75) is 79.6 Å². The van der Waals surface area contributed by atoms with Crippen molar-refractivity contribution in [3.63, 3.8) is 0 Å². The zero-order valence-electron chi connectivity index (χ0n) is 23.2. The Bertz CT molecular complexity index is 1240. The Balaban J connectivity index is 1.49. The molecule has 2 aromatic heterocycles. The largest absolute Gasteiger partial charge is 0.491 e. The van der Waals surface area contributed by atoms with Crippen LogP contribution in [0.25, 0.3) is 22.9 Å². The molecule has 0 N–H and O–H groups in total. The van der Waals surface area contributed by atoms with Gasteiger partial charge in [0.15, 0.2) is 5.82 Å². The van der Waals surface area contributed by atoms with E-state index < -0.39 is 0 Å². The zero-order chi connectivity index (χ0) is 25.8. The first kappa shape index (κ1) is 25.0. The summed E-state index contributed by atoms with van der Waals surface area (Å²) in [5.74, 6) is 3.45. The van der Waals surface area contributed by atoms with Crippen LogP contribution < -0.4 is 4.74 Å². The second kappa shape index (κ2) is 9.30. The third-order valence-corrected chi connectivity index (χ3v) is 7.69. The minimum Gasteiger partial charge on any atom is -0.491 e. The van der Waals surface area contributed by atoms with Crippen molar-refractivity contribution < 1.29 is 4.74 Å². The predicted octanol–water partition coefficient (Wildman–Crippen LogP) is 4.88. The number of ether oxygens (including phenoxy) is 1. The molecule has 0 spiro atoms. The minimum atomic E-state index is 0.215. The predicted molar refractivity (Wildman–Crippen MR) is 143 cm³/mol. The monoisotopic (exact) mass is 491 g/mol. The van der Waals surface area contributed by atoms with Crippen molar-refractivity contribution >= 4 is 0 Å². The fourth-order valence-corrected chi connectivity index (χ4v) is 5.55. The fourth-order valence-electron chi connectivity index (χ4n) is 5.55. The molecule has 0 radical (unpaired) electrons. The summed E-state index contributed by atoms with van der Waals surface area (Å²) >= 11 is 0. The molecule has 0 aliphatic carbocycles. The van der Waals surface area contributed by atoms with Crippen molar-refractivity contribution in [3.8, 4) is 28.7 Å². The van der Waals surface area contributed by atoms with Crippen LogP contribution in [0.1, 0.15) is 70.6 Å². The summed E-state index contributed by atoms with van der Waals surface area (Å²) in [6, 6.07) is 5.07. The number of piperazine rings is 1. The van der Waals surface area contributed by atoms with Crippen LogP contribution in [0.3, 0.4) is 0 Å². The molecular formula is C28H41N7O. The van der Waals surface area contributed by atoms with Gasteiger partial charge in [-0.3, -0.25) is 9.80 Å². The fraction of sp³-hybridized carbons (Fsp3) is 0.607. The molecule has 0 unspecified atom stereocenters. The lowest BCUT2D eigenvalue weighted by Crippen LogP contribution is -2.53. The number of rotatable bonds is 4. The molecule has 2 aliphatic rings. The van der Waals surface area contributed by atoms with E-state index in [0.717, 1.165) is 67.2 Å². The van der Waals surface area contributed by atoms with Gasteiger partial charge in [-0.1, -0.05) is 0 Å². The molecule has 194 valence electrons. The summed E-state index contributed by atoms with van der Waals surface area (Å²) in [4.78, 5) is 15.0. The van der Waals surface area contributed by atoms with Crippen LogP contribution in [0.15, 0.2) is 18.3 Å². The van der Waals surface area contributed by atoms with E-state index in [9.17, 15) is 0 Å². The maximum atomic E-state index is 6.20. The topological polar surface area (TPSA) is 64.2 Å². The van der Waals surface area contributed by atoms with Crippen LogP contribution in [0.4, 0.5) is 0 Å². The number of nitrogens with zero attached hydrogens (tertiary/aromatic N) is 7. The number of aryl methyl sites for hydroxylation is 2. The van der Waals surface area contributed by atoms with Gasteiger partial charge in [0, 0.05) is 50.0 Å². The SMILES string of the molecule is Cc1nc(-c2cn3c(n2)-c2cc([C@H](C)N4CCN(C(C)(C)C)CC4)c(C)cc2OCC3)n(C(C)C)n1. The van der Waals surface area contributed by atoms with Gasteiger partial charge in [-0.05, 0) is 78.6 Å². The average Bonchev–Trinajstić information content (AvgIpc) is 3.38. The van der Waals surface area contributed by atoms with Gasteiger partial charge >= 0.3 is 0 Å². The van der Waals surface area contributed by atoms with Crippen molar-refractivity contribution in [1.29, 1.82) is 0 Å². The Labute approximate surface area is 215 Å². The van der Waals surface area contributed by atoms with Gasteiger partial charge in [0.05, 0.1) is 12.1 Å². The van der Waals surface area contributed by atoms with E-state index in [2.05, 4.69) is 86.3 Å². The summed E-state index contributed by atoms with van der Waals surface area (Å²) < 4.78 is 10.4. The first-order valence-electron chi connectivity index (χ1n) is 13.3. The molecule has 3 aromatic rings. The number of aromatic nitrogens is 5. The van der Waals surface area contributed by atoms with E-state index in [1.165, 1.54) is 11.1 Å². The van der Waals surface area contributed by atoms with E-state index in [0.29, 0.717) is 12.6 Å². The highest BCUT2D eigenvalue weighted by Crippen LogP contribution is 2.38. The van der Waals surface area contributed by atoms with E-state index in [1.807, 2.05) is 11.6 Å². The van der Waals surface area contributed by atoms with Gasteiger partial charge in [0.1, 0.15) is 29.7 Å². The van der Waals surface area contributed by atoms with Crippen molar-refractivity contribution in [2.75, 3.05) is 32.8 Å². The van der Waals surface area contributed by atoms with Gasteiger partial charge in [-0.25, -0.2) is 14.6 Å². The Morgan fingerprint density at radius 1 is 0.917 bits per heavy atom. The van der Waals surface area contributed by atoms with Gasteiger partial charge in [-0.15, -0.1) is 0 Å². The van der Waals surface area contributed by atoms with Gasteiger partial charge < -0.3 is 9.30 Å². The smallest absolute Gasteiger partial charge is 0.178 e. The Kier molecular flexibility index (Phi) is 6.45. The van der Waals surface area contributed by atoms with Gasteiger partial charge in [-0.2, -0.15) is 5.10 Å². The van der Waals surface area contributed by atoms with Gasteiger partial charge in [0.25, 0.3) is 0 Å². The van der Waals surface area contributed by atoms with Crippen LogP contribution >= 0.6 is 0 Å². The van der Waals surface area contributed by atoms with Crippen molar-refractivity contribution in [3.05, 3.63) is 35.3 Å². The molecule has 8 nitrogen and oxygen atoms in total. The van der Waals surface area contributed by atoms with Crippen molar-refractivity contribution in [2.24, 2.45) is 0 Å². The molecule has 0 amide bonds. The zero-order valence-corrected chi connectivity index (χ0v) is 23.2. The quantitative estimate of drug-likeness (QED) is 0.519. The highest BCUT2D eigenvalue weighted by Gasteiger charge is 2.30. The Morgan fingerprint density at radius 2 is 1.64 bits per heavy atom. The molecule has 1 fully saturated rings. The second-order valence-corrected chi connectivity index (χ2v) is 11.6. The molecule has 0 bridgehead atoms. The van der Waals surface area contributed by atoms with Crippen LogP contribution in [0.5, 0.6) is 5.75 Å². The molecule has 36 heavy (non-hydrogen) atoms. The summed E-state index contributed by atoms with van der Waals surface area (Å²) in [5, 5.41) is 4.60. The lowest BCUT2D eigenvalue weighted by Gasteiger charge is -2.44. The van der Waals surface area contributed by atoms with Crippen LogP contribution in [-0.2, 0) is 6.54 Å². The summed E-state index contributed by atoms with van der Waals surface area (Å²) in [5.41, 5.74) is 4.77. The summed E-state index contributed by atoms with van der Waals surface area (Å²) in [7, 11) is 0. The number of benzene rings is 1.